The van der Waals surface area contributed by atoms with Crippen LogP contribution in [0.25, 0.3) is 11.0 Å². The molecule has 0 unspecified atom stereocenters. The normalized spacial score (nSPS) is 12.4. The van der Waals surface area contributed by atoms with Crippen LogP contribution in [0.15, 0.2) is 22.6 Å². The zero-order valence-corrected chi connectivity index (χ0v) is 12.1. The summed E-state index contributed by atoms with van der Waals surface area (Å²) in [4.78, 5) is 12.2. The maximum absolute atomic E-state index is 12.2. The number of amides is 1. The summed E-state index contributed by atoms with van der Waals surface area (Å²) < 4.78 is 15.8. The fourth-order valence-corrected chi connectivity index (χ4v) is 2.12. The summed E-state index contributed by atoms with van der Waals surface area (Å²) in [6, 6.07) is 5.40. The van der Waals surface area contributed by atoms with Crippen molar-refractivity contribution in [1.29, 1.82) is 0 Å². The van der Waals surface area contributed by atoms with E-state index >= 15 is 0 Å². The summed E-state index contributed by atoms with van der Waals surface area (Å²) in [5, 5.41) is 3.72. The molecule has 2 rings (SSSR count). The Kier molecular flexibility index (Phi) is 4.29. The lowest BCUT2D eigenvalue weighted by atomic mass is 10.1. The van der Waals surface area contributed by atoms with Crippen LogP contribution < -0.4 is 10.1 Å². The highest BCUT2D eigenvalue weighted by molar-refractivity contribution is 5.99. The van der Waals surface area contributed by atoms with Crippen LogP contribution in [0, 0.1) is 6.92 Å². The molecule has 0 spiro atoms. The number of rotatable bonds is 5. The van der Waals surface area contributed by atoms with Crippen molar-refractivity contribution in [2.75, 3.05) is 20.8 Å². The van der Waals surface area contributed by atoms with Crippen LogP contribution in [0.4, 0.5) is 0 Å². The topological polar surface area (TPSA) is 60.7 Å². The lowest BCUT2D eigenvalue weighted by molar-refractivity contribution is 0.0879. The number of carbonyl (C=O) groups is 1. The molecule has 1 aromatic heterocycles. The molecule has 0 radical (unpaired) electrons. The number of carbonyl (C=O) groups excluding carboxylic acids is 1. The highest BCUT2D eigenvalue weighted by atomic mass is 16.5. The molecule has 0 saturated heterocycles. The Balaban J connectivity index is 2.30. The molecule has 1 atom stereocenters. The third kappa shape index (κ3) is 2.77. The van der Waals surface area contributed by atoms with E-state index in [1.165, 1.54) is 0 Å². The van der Waals surface area contributed by atoms with Crippen molar-refractivity contribution in [2.45, 2.75) is 19.9 Å². The van der Waals surface area contributed by atoms with E-state index in [2.05, 4.69) is 5.32 Å². The van der Waals surface area contributed by atoms with E-state index in [4.69, 9.17) is 13.9 Å². The standard InChI is InChI=1S/C15H19NO4/c1-9(8-18-3)16-15(17)14-10(2)12-7-11(19-4)5-6-13(12)20-14/h5-7,9H,8H2,1-4H3,(H,16,17)/t9-/m0/s1. The minimum absolute atomic E-state index is 0.0744. The smallest absolute Gasteiger partial charge is 0.287 e. The van der Waals surface area contributed by atoms with Crippen molar-refractivity contribution >= 4 is 16.9 Å². The third-order valence-corrected chi connectivity index (χ3v) is 3.14. The van der Waals surface area contributed by atoms with Crippen LogP contribution in [0.5, 0.6) is 5.75 Å². The number of hydrogen-bond acceptors (Lipinski definition) is 4. The summed E-state index contributed by atoms with van der Waals surface area (Å²) >= 11 is 0. The first kappa shape index (κ1) is 14.4. The van der Waals surface area contributed by atoms with E-state index in [-0.39, 0.29) is 11.9 Å². The second-order valence-corrected chi connectivity index (χ2v) is 4.75. The van der Waals surface area contributed by atoms with Gasteiger partial charge in [-0.05, 0) is 32.0 Å². The van der Waals surface area contributed by atoms with E-state index in [1.807, 2.05) is 19.9 Å². The van der Waals surface area contributed by atoms with Crippen LogP contribution in [0.3, 0.4) is 0 Å². The number of furan rings is 1. The monoisotopic (exact) mass is 277 g/mol. The van der Waals surface area contributed by atoms with Crippen molar-refractivity contribution in [2.24, 2.45) is 0 Å². The van der Waals surface area contributed by atoms with E-state index in [1.54, 1.807) is 26.4 Å². The molecule has 2 aromatic rings. The van der Waals surface area contributed by atoms with Gasteiger partial charge in [-0.3, -0.25) is 4.79 Å². The van der Waals surface area contributed by atoms with Gasteiger partial charge in [0.05, 0.1) is 13.7 Å². The molecule has 1 aromatic carbocycles. The zero-order chi connectivity index (χ0) is 14.7. The van der Waals surface area contributed by atoms with Gasteiger partial charge < -0.3 is 19.2 Å². The molecule has 0 saturated carbocycles. The number of benzene rings is 1. The molecule has 0 fully saturated rings. The minimum Gasteiger partial charge on any atom is -0.497 e. The highest BCUT2D eigenvalue weighted by Gasteiger charge is 2.19. The molecule has 1 amide bonds. The van der Waals surface area contributed by atoms with Gasteiger partial charge in [-0.2, -0.15) is 0 Å². The van der Waals surface area contributed by atoms with Crippen molar-refractivity contribution in [3.63, 3.8) is 0 Å². The molecule has 5 heteroatoms. The Hall–Kier alpha value is -2.01. The average molecular weight is 277 g/mol. The Morgan fingerprint density at radius 3 is 2.80 bits per heavy atom. The Bertz CT molecular complexity index is 618. The molecule has 0 bridgehead atoms. The maximum atomic E-state index is 12.2. The van der Waals surface area contributed by atoms with Gasteiger partial charge in [0, 0.05) is 24.1 Å². The van der Waals surface area contributed by atoms with Crippen LogP contribution in [0.2, 0.25) is 0 Å². The highest BCUT2D eigenvalue weighted by Crippen LogP contribution is 2.28. The van der Waals surface area contributed by atoms with Gasteiger partial charge in [0.2, 0.25) is 0 Å². The number of ether oxygens (including phenoxy) is 2. The second-order valence-electron chi connectivity index (χ2n) is 4.75. The van der Waals surface area contributed by atoms with Crippen LogP contribution in [-0.2, 0) is 4.74 Å². The quantitative estimate of drug-likeness (QED) is 0.912. The molecule has 1 N–H and O–H groups in total. The van der Waals surface area contributed by atoms with E-state index < -0.39 is 0 Å². The molecule has 20 heavy (non-hydrogen) atoms. The lowest BCUT2D eigenvalue weighted by Gasteiger charge is -2.11. The van der Waals surface area contributed by atoms with Crippen molar-refractivity contribution < 1.29 is 18.7 Å². The average Bonchev–Trinajstić information content (AvgIpc) is 2.76. The van der Waals surface area contributed by atoms with Crippen molar-refractivity contribution in [1.82, 2.24) is 5.32 Å². The van der Waals surface area contributed by atoms with E-state index in [9.17, 15) is 4.79 Å². The minimum atomic E-state index is -0.234. The maximum Gasteiger partial charge on any atom is 0.287 e. The number of methoxy groups -OCH3 is 2. The third-order valence-electron chi connectivity index (χ3n) is 3.14. The fraction of sp³-hybridized carbons (Fsp3) is 0.400. The largest absolute Gasteiger partial charge is 0.497 e. The van der Waals surface area contributed by atoms with Crippen LogP contribution in [0.1, 0.15) is 23.0 Å². The summed E-state index contributed by atoms with van der Waals surface area (Å²) in [5.74, 6) is 0.833. The number of fused-ring (bicyclic) bond motifs is 1. The summed E-state index contributed by atoms with van der Waals surface area (Å²) in [6.45, 7) is 4.20. The summed E-state index contributed by atoms with van der Waals surface area (Å²) in [7, 11) is 3.21. The van der Waals surface area contributed by atoms with Gasteiger partial charge in [-0.15, -0.1) is 0 Å². The molecule has 5 nitrogen and oxygen atoms in total. The van der Waals surface area contributed by atoms with Gasteiger partial charge in [0.15, 0.2) is 5.76 Å². The second kappa shape index (κ2) is 5.96. The molecule has 1 heterocycles. The molecule has 108 valence electrons. The van der Waals surface area contributed by atoms with Crippen molar-refractivity contribution in [3.8, 4) is 5.75 Å². The Morgan fingerprint density at radius 2 is 2.15 bits per heavy atom. The van der Waals surface area contributed by atoms with Gasteiger partial charge in [0.25, 0.3) is 5.91 Å². The number of aryl methyl sites for hydroxylation is 1. The molecular formula is C15H19NO4. The van der Waals surface area contributed by atoms with Gasteiger partial charge in [0.1, 0.15) is 11.3 Å². The molecular weight excluding hydrogens is 258 g/mol. The first-order valence-electron chi connectivity index (χ1n) is 6.43. The predicted molar refractivity (Wildman–Crippen MR) is 76.3 cm³/mol. The zero-order valence-electron chi connectivity index (χ0n) is 12.1. The van der Waals surface area contributed by atoms with E-state index in [0.717, 1.165) is 16.7 Å². The van der Waals surface area contributed by atoms with Crippen LogP contribution >= 0.6 is 0 Å². The van der Waals surface area contributed by atoms with E-state index in [0.29, 0.717) is 18.0 Å². The summed E-state index contributed by atoms with van der Waals surface area (Å²) in [5.41, 5.74) is 1.48. The van der Waals surface area contributed by atoms with Gasteiger partial charge >= 0.3 is 0 Å². The molecule has 0 aliphatic rings. The van der Waals surface area contributed by atoms with Crippen molar-refractivity contribution in [3.05, 3.63) is 29.5 Å². The van der Waals surface area contributed by atoms with Crippen LogP contribution in [-0.4, -0.2) is 32.8 Å². The molecule has 0 aliphatic heterocycles. The van der Waals surface area contributed by atoms with Gasteiger partial charge in [-0.1, -0.05) is 0 Å². The SMILES string of the molecule is COC[C@H](C)NC(=O)c1oc2ccc(OC)cc2c1C. The lowest BCUT2D eigenvalue weighted by Crippen LogP contribution is -2.35. The molecule has 0 aliphatic carbocycles. The van der Waals surface area contributed by atoms with Gasteiger partial charge in [-0.25, -0.2) is 0 Å². The predicted octanol–water partition coefficient (Wildman–Crippen LogP) is 2.51. The Morgan fingerprint density at radius 1 is 1.40 bits per heavy atom. The first-order valence-corrected chi connectivity index (χ1v) is 6.43. The summed E-state index contributed by atoms with van der Waals surface area (Å²) in [6.07, 6.45) is 0. The number of hydrogen-bond donors (Lipinski definition) is 1. The fourth-order valence-electron chi connectivity index (χ4n) is 2.12. The first-order chi connectivity index (χ1) is 9.56. The Labute approximate surface area is 117 Å². The number of nitrogens with one attached hydrogen (secondary N) is 1.